The number of nitrogens with one attached hydrogen (secondary N) is 1. The predicted octanol–water partition coefficient (Wildman–Crippen LogP) is 4.47. The number of carbonyl (C=O) groups is 1. The highest BCUT2D eigenvalue weighted by molar-refractivity contribution is 6.29. The summed E-state index contributed by atoms with van der Waals surface area (Å²) >= 11 is 6.06. The predicted molar refractivity (Wildman–Crippen MR) is 114 cm³/mol. The molecule has 28 heavy (non-hydrogen) atoms. The van der Waals surface area contributed by atoms with Crippen LogP contribution in [0.1, 0.15) is 46.2 Å². The van der Waals surface area contributed by atoms with Gasteiger partial charge in [-0.2, -0.15) is 0 Å². The Morgan fingerprint density at radius 1 is 1.36 bits per heavy atom. The van der Waals surface area contributed by atoms with Crippen LogP contribution in [0.2, 0.25) is 5.15 Å². The second-order valence-corrected chi connectivity index (χ2v) is 8.13. The monoisotopic (exact) mass is 398 g/mol. The van der Waals surface area contributed by atoms with Crippen LogP contribution in [0.4, 0.5) is 0 Å². The van der Waals surface area contributed by atoms with Crippen LogP contribution < -0.4 is 5.32 Å². The third-order valence-corrected chi connectivity index (χ3v) is 5.21. The zero-order chi connectivity index (χ0) is 20.4. The number of hydrogen-bond donors (Lipinski definition) is 1. The van der Waals surface area contributed by atoms with E-state index in [-0.39, 0.29) is 11.9 Å². The first kappa shape index (κ1) is 20.3. The van der Waals surface area contributed by atoms with Crippen LogP contribution in [-0.2, 0) is 4.79 Å². The molecule has 0 aromatic carbocycles. The summed E-state index contributed by atoms with van der Waals surface area (Å²) in [5.74, 6) is 1.10. The van der Waals surface area contributed by atoms with Gasteiger partial charge >= 0.3 is 0 Å². The average molecular weight is 399 g/mol. The Labute approximate surface area is 171 Å². The average Bonchev–Trinajstić information content (AvgIpc) is 3.47. The van der Waals surface area contributed by atoms with Crippen LogP contribution in [0.15, 0.2) is 58.0 Å². The van der Waals surface area contributed by atoms with Crippen LogP contribution in [0.3, 0.4) is 0 Å². The highest BCUT2D eigenvalue weighted by Crippen LogP contribution is 2.32. The number of aromatic nitrogens is 1. The highest BCUT2D eigenvalue weighted by Gasteiger charge is 2.30. The molecule has 0 radical (unpaired) electrons. The molecule has 148 valence electrons. The Morgan fingerprint density at radius 3 is 2.68 bits per heavy atom. The molecule has 0 bridgehead atoms. The van der Waals surface area contributed by atoms with Crippen molar-refractivity contribution in [3.05, 3.63) is 63.9 Å². The minimum absolute atomic E-state index is 0.0979. The lowest BCUT2D eigenvalue weighted by molar-refractivity contribution is -0.118. The van der Waals surface area contributed by atoms with Gasteiger partial charge in [0, 0.05) is 18.8 Å². The zero-order valence-corrected chi connectivity index (χ0v) is 17.8. The Bertz CT molecular complexity index is 905. The van der Waals surface area contributed by atoms with Gasteiger partial charge < -0.3 is 10.2 Å². The Morgan fingerprint density at radius 2 is 2.07 bits per heavy atom. The first-order chi connectivity index (χ1) is 13.3. The lowest BCUT2D eigenvalue weighted by Gasteiger charge is -2.27. The summed E-state index contributed by atoms with van der Waals surface area (Å²) in [6.45, 7) is 8.02. The van der Waals surface area contributed by atoms with Gasteiger partial charge in [-0.25, -0.2) is 9.98 Å². The number of hydrogen-bond acceptors (Lipinski definition) is 4. The Kier molecular flexibility index (Phi) is 6.04. The summed E-state index contributed by atoms with van der Waals surface area (Å²) in [5.41, 5.74) is 3.94. The van der Waals surface area contributed by atoms with Crippen LogP contribution in [0.25, 0.3) is 0 Å². The smallest absolute Gasteiger partial charge is 0.255 e. The number of amides is 1. The summed E-state index contributed by atoms with van der Waals surface area (Å²) in [6, 6.07) is 5.61. The maximum atomic E-state index is 13.1. The molecule has 1 aromatic heterocycles. The van der Waals surface area contributed by atoms with Crippen molar-refractivity contribution < 1.29 is 4.79 Å². The van der Waals surface area contributed by atoms with Gasteiger partial charge in [0.15, 0.2) is 0 Å². The second kappa shape index (κ2) is 8.31. The molecular weight excluding hydrogens is 372 g/mol. The second-order valence-electron chi connectivity index (χ2n) is 7.75. The minimum Gasteiger partial charge on any atom is -0.349 e. The SMILES string of the molecule is CC(C)=C/C(C(=O)NC(C)C1CC1)=C1/N=C(c2cccc(Cl)n2)C=C(C)N1C. The van der Waals surface area contributed by atoms with Crippen molar-refractivity contribution in [1.29, 1.82) is 0 Å². The summed E-state index contributed by atoms with van der Waals surface area (Å²) in [6.07, 6.45) is 6.21. The fourth-order valence-corrected chi connectivity index (χ4v) is 3.29. The number of rotatable bonds is 5. The van der Waals surface area contributed by atoms with Gasteiger partial charge in [0.05, 0.1) is 17.0 Å². The van der Waals surface area contributed by atoms with Gasteiger partial charge in [0.25, 0.3) is 5.91 Å². The van der Waals surface area contributed by atoms with Gasteiger partial charge in [0.1, 0.15) is 11.0 Å². The molecule has 2 heterocycles. The minimum atomic E-state index is -0.0979. The van der Waals surface area contributed by atoms with Crippen molar-refractivity contribution in [3.8, 4) is 0 Å². The van der Waals surface area contributed by atoms with E-state index in [1.54, 1.807) is 6.07 Å². The molecule has 1 N–H and O–H groups in total. The van der Waals surface area contributed by atoms with Crippen LogP contribution in [0.5, 0.6) is 0 Å². The fraction of sp³-hybridized carbons (Fsp3) is 0.409. The fourth-order valence-electron chi connectivity index (χ4n) is 3.13. The van der Waals surface area contributed by atoms with Crippen molar-refractivity contribution >= 4 is 23.2 Å². The molecule has 2 aliphatic rings. The van der Waals surface area contributed by atoms with E-state index in [0.29, 0.717) is 33.9 Å². The summed E-state index contributed by atoms with van der Waals surface area (Å²) in [7, 11) is 1.92. The van der Waals surface area contributed by atoms with E-state index in [1.807, 2.05) is 57.0 Å². The van der Waals surface area contributed by atoms with E-state index >= 15 is 0 Å². The number of carbonyl (C=O) groups excluding carboxylic acids is 1. The molecule has 1 aliphatic carbocycles. The van der Waals surface area contributed by atoms with Gasteiger partial charge in [-0.15, -0.1) is 0 Å². The molecule has 1 atom stereocenters. The molecule has 1 saturated carbocycles. The first-order valence-corrected chi connectivity index (χ1v) is 9.97. The Balaban J connectivity index is 2.06. The van der Waals surface area contributed by atoms with Crippen LogP contribution in [0, 0.1) is 5.92 Å². The third kappa shape index (κ3) is 4.71. The largest absolute Gasteiger partial charge is 0.349 e. The van der Waals surface area contributed by atoms with Crippen LogP contribution in [-0.4, -0.2) is 34.6 Å². The molecular formula is C22H27ClN4O. The Hall–Kier alpha value is -2.40. The molecule has 1 unspecified atom stereocenters. The standard InChI is InChI=1S/C22H27ClN4O/c1-13(2)11-17(22(28)24-15(4)16-9-10-16)21-26-19(12-14(3)27(21)5)18-7-6-8-20(23)25-18/h6-8,11-12,15-16H,9-10H2,1-5H3,(H,24,28)/b21-17+. The normalized spacial score (nSPS) is 19.4. The van der Waals surface area contributed by atoms with E-state index in [0.717, 1.165) is 11.3 Å². The topological polar surface area (TPSA) is 57.6 Å². The van der Waals surface area contributed by atoms with Crippen molar-refractivity contribution in [1.82, 2.24) is 15.2 Å². The van der Waals surface area contributed by atoms with Gasteiger partial charge in [-0.1, -0.05) is 23.2 Å². The molecule has 1 aromatic rings. The van der Waals surface area contributed by atoms with Gasteiger partial charge in [0.2, 0.25) is 0 Å². The molecule has 0 spiro atoms. The van der Waals surface area contributed by atoms with E-state index in [1.165, 1.54) is 12.8 Å². The van der Waals surface area contributed by atoms with E-state index in [4.69, 9.17) is 16.6 Å². The van der Waals surface area contributed by atoms with Gasteiger partial charge in [-0.05, 0) is 70.7 Å². The molecule has 1 aliphatic heterocycles. The maximum Gasteiger partial charge on any atom is 0.255 e. The molecule has 5 nitrogen and oxygen atoms in total. The number of pyridine rings is 1. The molecule has 0 saturated heterocycles. The van der Waals surface area contributed by atoms with E-state index < -0.39 is 0 Å². The molecule has 1 amide bonds. The summed E-state index contributed by atoms with van der Waals surface area (Å²) in [5, 5.41) is 3.56. The first-order valence-electron chi connectivity index (χ1n) is 9.60. The van der Waals surface area contributed by atoms with Gasteiger partial charge in [-0.3, -0.25) is 4.79 Å². The number of aliphatic imine (C=N–C) groups is 1. The quantitative estimate of drug-likeness (QED) is 0.588. The molecule has 1 fully saturated rings. The lowest BCUT2D eigenvalue weighted by Crippen LogP contribution is -2.36. The van der Waals surface area contributed by atoms with Crippen molar-refractivity contribution in [2.45, 2.75) is 46.6 Å². The molecule has 3 rings (SSSR count). The van der Waals surface area contributed by atoms with Crippen molar-refractivity contribution in [2.75, 3.05) is 7.05 Å². The summed E-state index contributed by atoms with van der Waals surface area (Å²) in [4.78, 5) is 24.2. The number of nitrogens with zero attached hydrogens (tertiary/aromatic N) is 3. The van der Waals surface area contributed by atoms with E-state index in [9.17, 15) is 4.79 Å². The van der Waals surface area contributed by atoms with Crippen molar-refractivity contribution in [2.24, 2.45) is 10.9 Å². The van der Waals surface area contributed by atoms with E-state index in [2.05, 4.69) is 17.2 Å². The summed E-state index contributed by atoms with van der Waals surface area (Å²) < 4.78 is 0. The highest BCUT2D eigenvalue weighted by atomic mass is 35.5. The number of allylic oxidation sites excluding steroid dienone is 3. The van der Waals surface area contributed by atoms with Crippen molar-refractivity contribution in [3.63, 3.8) is 0 Å². The molecule has 6 heteroatoms. The maximum absolute atomic E-state index is 13.1. The number of halogens is 1. The van der Waals surface area contributed by atoms with Crippen LogP contribution >= 0.6 is 11.6 Å². The lowest BCUT2D eigenvalue weighted by atomic mass is 10.1. The zero-order valence-electron chi connectivity index (χ0n) is 17.1. The third-order valence-electron chi connectivity index (χ3n) is 5.00.